The lowest BCUT2D eigenvalue weighted by atomic mass is 9.90. The highest BCUT2D eigenvalue weighted by Crippen LogP contribution is 2.21. The van der Waals surface area contributed by atoms with Crippen LogP contribution in [0.4, 0.5) is 0 Å². The van der Waals surface area contributed by atoms with Gasteiger partial charge in [-0.1, -0.05) is 34.6 Å². The van der Waals surface area contributed by atoms with Crippen LogP contribution in [-0.4, -0.2) is 12.5 Å². The van der Waals surface area contributed by atoms with E-state index in [1.54, 1.807) is 0 Å². The summed E-state index contributed by atoms with van der Waals surface area (Å²) in [5, 5.41) is 2.93. The number of hydrogen-bond donors (Lipinski definition) is 1. The Bertz CT molecular complexity index is 168. The van der Waals surface area contributed by atoms with E-state index in [9.17, 15) is 4.79 Å². The highest BCUT2D eigenvalue weighted by atomic mass is 16.1. The third-order valence-electron chi connectivity index (χ3n) is 2.04. The first kappa shape index (κ1) is 13.5. The van der Waals surface area contributed by atoms with Crippen LogP contribution in [0.15, 0.2) is 0 Å². The Hall–Kier alpha value is -0.530. The monoisotopic (exact) mass is 199 g/mol. The molecule has 0 spiro atoms. The molecule has 0 radical (unpaired) electrons. The molecular weight excluding hydrogens is 174 g/mol. The molecular formula is C12H25NO. The maximum absolute atomic E-state index is 11.3. The molecule has 0 aliphatic heterocycles. The number of carbonyl (C=O) groups excluding carboxylic acids is 1. The fourth-order valence-corrected chi connectivity index (χ4v) is 1.19. The van der Waals surface area contributed by atoms with E-state index in [1.165, 1.54) is 0 Å². The zero-order valence-corrected chi connectivity index (χ0v) is 10.3. The molecule has 1 amide bonds. The Morgan fingerprint density at radius 2 is 1.86 bits per heavy atom. The van der Waals surface area contributed by atoms with Crippen molar-refractivity contribution < 1.29 is 4.79 Å². The summed E-state index contributed by atoms with van der Waals surface area (Å²) in [6.07, 6.45) is 2.78. The second kappa shape index (κ2) is 6.05. The van der Waals surface area contributed by atoms with Gasteiger partial charge in [0, 0.05) is 13.0 Å². The average Bonchev–Trinajstić information content (AvgIpc) is 1.98. The first-order valence-electron chi connectivity index (χ1n) is 5.58. The van der Waals surface area contributed by atoms with Gasteiger partial charge in [0.05, 0.1) is 0 Å². The van der Waals surface area contributed by atoms with Crippen molar-refractivity contribution in [3.8, 4) is 0 Å². The molecule has 2 heteroatoms. The van der Waals surface area contributed by atoms with Crippen molar-refractivity contribution in [2.45, 2.75) is 53.9 Å². The van der Waals surface area contributed by atoms with E-state index >= 15 is 0 Å². The summed E-state index contributed by atoms with van der Waals surface area (Å²) in [4.78, 5) is 11.3. The molecule has 14 heavy (non-hydrogen) atoms. The number of carbonyl (C=O) groups is 1. The number of nitrogens with one attached hydrogen (secondary N) is 1. The minimum absolute atomic E-state index is 0.197. The molecule has 0 unspecified atom stereocenters. The van der Waals surface area contributed by atoms with E-state index in [1.807, 2.05) is 0 Å². The molecule has 0 saturated carbocycles. The molecule has 84 valence electrons. The van der Waals surface area contributed by atoms with Crippen LogP contribution in [0.2, 0.25) is 0 Å². The van der Waals surface area contributed by atoms with E-state index < -0.39 is 0 Å². The molecule has 0 aliphatic carbocycles. The van der Waals surface area contributed by atoms with Crippen LogP contribution < -0.4 is 5.32 Å². The van der Waals surface area contributed by atoms with Gasteiger partial charge in [0.25, 0.3) is 0 Å². The van der Waals surface area contributed by atoms with Crippen LogP contribution in [0.1, 0.15) is 53.9 Å². The molecule has 0 aromatic rings. The number of amides is 1. The molecule has 0 aromatic carbocycles. The van der Waals surface area contributed by atoms with Gasteiger partial charge in [-0.2, -0.15) is 0 Å². The zero-order chi connectivity index (χ0) is 11.2. The van der Waals surface area contributed by atoms with Gasteiger partial charge in [0.2, 0.25) is 5.91 Å². The predicted molar refractivity (Wildman–Crippen MR) is 61.2 cm³/mol. The molecule has 0 atom stereocenters. The van der Waals surface area contributed by atoms with E-state index in [-0.39, 0.29) is 5.91 Å². The topological polar surface area (TPSA) is 29.1 Å². The summed E-state index contributed by atoms with van der Waals surface area (Å²) >= 11 is 0. The summed E-state index contributed by atoms with van der Waals surface area (Å²) in [7, 11) is 0. The zero-order valence-electron chi connectivity index (χ0n) is 10.3. The maximum atomic E-state index is 11.3. The maximum Gasteiger partial charge on any atom is 0.220 e. The Labute approximate surface area is 88.5 Å². The van der Waals surface area contributed by atoms with Crippen LogP contribution in [0.5, 0.6) is 0 Å². The molecule has 0 aromatic heterocycles. The minimum atomic E-state index is 0.197. The van der Waals surface area contributed by atoms with Crippen LogP contribution in [0, 0.1) is 11.3 Å². The Kier molecular flexibility index (Phi) is 5.82. The minimum Gasteiger partial charge on any atom is -0.356 e. The Morgan fingerprint density at radius 3 is 2.29 bits per heavy atom. The summed E-state index contributed by atoms with van der Waals surface area (Å²) in [5.41, 5.74) is 0.346. The second-order valence-electron chi connectivity index (χ2n) is 5.61. The van der Waals surface area contributed by atoms with Gasteiger partial charge in [-0.3, -0.25) is 4.79 Å². The third kappa shape index (κ3) is 9.56. The Balaban J connectivity index is 3.46. The molecule has 0 fully saturated rings. The summed E-state index contributed by atoms with van der Waals surface area (Å²) in [5.74, 6) is 0.740. The second-order valence-corrected chi connectivity index (χ2v) is 5.61. The first-order chi connectivity index (χ1) is 6.31. The van der Waals surface area contributed by atoms with Crippen molar-refractivity contribution in [2.24, 2.45) is 11.3 Å². The van der Waals surface area contributed by atoms with Gasteiger partial charge in [0.15, 0.2) is 0 Å². The van der Waals surface area contributed by atoms with Gasteiger partial charge < -0.3 is 5.32 Å². The highest BCUT2D eigenvalue weighted by Gasteiger charge is 2.10. The quantitative estimate of drug-likeness (QED) is 0.724. The smallest absolute Gasteiger partial charge is 0.220 e. The molecule has 0 heterocycles. The van der Waals surface area contributed by atoms with E-state index in [0.29, 0.717) is 17.8 Å². The van der Waals surface area contributed by atoms with Crippen molar-refractivity contribution in [3.05, 3.63) is 0 Å². The van der Waals surface area contributed by atoms with Crippen molar-refractivity contribution in [1.29, 1.82) is 0 Å². The van der Waals surface area contributed by atoms with Crippen LogP contribution in [0.25, 0.3) is 0 Å². The molecule has 2 nitrogen and oxygen atoms in total. The first-order valence-corrected chi connectivity index (χ1v) is 5.58. The van der Waals surface area contributed by atoms with E-state index in [2.05, 4.69) is 39.9 Å². The molecule has 0 bridgehead atoms. The molecule has 1 N–H and O–H groups in total. The average molecular weight is 199 g/mol. The summed E-state index contributed by atoms with van der Waals surface area (Å²) in [6, 6.07) is 0. The van der Waals surface area contributed by atoms with Crippen molar-refractivity contribution in [3.63, 3.8) is 0 Å². The van der Waals surface area contributed by atoms with Crippen molar-refractivity contribution in [2.75, 3.05) is 6.54 Å². The van der Waals surface area contributed by atoms with E-state index in [0.717, 1.165) is 19.4 Å². The van der Waals surface area contributed by atoms with Gasteiger partial charge in [-0.05, 0) is 24.2 Å². The van der Waals surface area contributed by atoms with Crippen molar-refractivity contribution >= 4 is 5.91 Å². The van der Waals surface area contributed by atoms with Gasteiger partial charge >= 0.3 is 0 Å². The van der Waals surface area contributed by atoms with Gasteiger partial charge in [-0.15, -0.1) is 0 Å². The standard InChI is InChI=1S/C12H25NO/c1-10(2)9-13-11(14)7-6-8-12(3,4)5/h10H,6-9H2,1-5H3,(H,13,14). The van der Waals surface area contributed by atoms with Gasteiger partial charge in [-0.25, -0.2) is 0 Å². The largest absolute Gasteiger partial charge is 0.356 e. The lowest BCUT2D eigenvalue weighted by Crippen LogP contribution is -2.27. The SMILES string of the molecule is CC(C)CNC(=O)CCCC(C)(C)C. The van der Waals surface area contributed by atoms with Crippen LogP contribution in [-0.2, 0) is 4.79 Å². The van der Waals surface area contributed by atoms with Gasteiger partial charge in [0.1, 0.15) is 0 Å². The summed E-state index contributed by atoms with van der Waals surface area (Å²) in [6.45, 7) is 11.6. The lowest BCUT2D eigenvalue weighted by molar-refractivity contribution is -0.121. The molecule has 0 rings (SSSR count). The number of rotatable bonds is 5. The normalized spacial score (nSPS) is 11.9. The van der Waals surface area contributed by atoms with Crippen molar-refractivity contribution in [1.82, 2.24) is 5.32 Å². The molecule has 0 saturated heterocycles. The predicted octanol–water partition coefficient (Wildman–Crippen LogP) is 2.98. The highest BCUT2D eigenvalue weighted by molar-refractivity contribution is 5.75. The third-order valence-corrected chi connectivity index (χ3v) is 2.04. The van der Waals surface area contributed by atoms with Crippen LogP contribution in [0.3, 0.4) is 0 Å². The summed E-state index contributed by atoms with van der Waals surface area (Å²) < 4.78 is 0. The number of hydrogen-bond acceptors (Lipinski definition) is 1. The molecule has 0 aliphatic rings. The fraction of sp³-hybridized carbons (Fsp3) is 0.917. The van der Waals surface area contributed by atoms with E-state index in [4.69, 9.17) is 0 Å². The Morgan fingerprint density at radius 1 is 1.29 bits per heavy atom. The lowest BCUT2D eigenvalue weighted by Gasteiger charge is -2.17. The van der Waals surface area contributed by atoms with Crippen LogP contribution >= 0.6 is 0 Å². The fourth-order valence-electron chi connectivity index (χ4n) is 1.19.